The van der Waals surface area contributed by atoms with Gasteiger partial charge < -0.3 is 5.32 Å². The molecule has 0 atom stereocenters. The summed E-state index contributed by atoms with van der Waals surface area (Å²) in [5.74, 6) is 0.436. The Morgan fingerprint density at radius 2 is 2.10 bits per heavy atom. The number of pyridine rings is 1. The smallest absolute Gasteiger partial charge is 0.278 e. The molecule has 0 amide bonds. The van der Waals surface area contributed by atoms with E-state index >= 15 is 0 Å². The van der Waals surface area contributed by atoms with E-state index in [1.165, 1.54) is 6.07 Å². The number of nitro groups is 1. The number of nitrogens with one attached hydrogen (secondary N) is 1. The molecule has 0 aliphatic carbocycles. The van der Waals surface area contributed by atoms with Crippen molar-refractivity contribution in [3.8, 4) is 17.3 Å². The fourth-order valence-electron chi connectivity index (χ4n) is 1.85. The van der Waals surface area contributed by atoms with E-state index in [0.29, 0.717) is 29.2 Å². The SMILES string of the molecule is CCNc1nc(-c2ccccc2[N+](=O)[O-])ccc1C#N. The first-order valence-corrected chi connectivity index (χ1v) is 6.06. The zero-order chi connectivity index (χ0) is 14.5. The van der Waals surface area contributed by atoms with Gasteiger partial charge in [0.2, 0.25) is 0 Å². The van der Waals surface area contributed by atoms with E-state index in [1.54, 1.807) is 30.3 Å². The molecule has 20 heavy (non-hydrogen) atoms. The molecule has 2 aromatic rings. The van der Waals surface area contributed by atoms with E-state index in [4.69, 9.17) is 5.26 Å². The number of hydrogen-bond donors (Lipinski definition) is 1. The molecule has 6 nitrogen and oxygen atoms in total. The van der Waals surface area contributed by atoms with Gasteiger partial charge in [-0.15, -0.1) is 0 Å². The first-order chi connectivity index (χ1) is 9.67. The summed E-state index contributed by atoms with van der Waals surface area (Å²) in [6.07, 6.45) is 0. The summed E-state index contributed by atoms with van der Waals surface area (Å²) >= 11 is 0. The molecular formula is C14H12N4O2. The third-order valence-corrected chi connectivity index (χ3v) is 2.74. The second-order valence-electron chi connectivity index (χ2n) is 4.01. The summed E-state index contributed by atoms with van der Waals surface area (Å²) in [5.41, 5.74) is 1.30. The minimum Gasteiger partial charge on any atom is -0.369 e. The summed E-state index contributed by atoms with van der Waals surface area (Å²) in [6.45, 7) is 2.50. The Labute approximate surface area is 115 Å². The Hall–Kier alpha value is -2.94. The predicted molar refractivity (Wildman–Crippen MR) is 75.2 cm³/mol. The topological polar surface area (TPSA) is 91.8 Å². The van der Waals surface area contributed by atoms with Gasteiger partial charge in [0, 0.05) is 12.6 Å². The lowest BCUT2D eigenvalue weighted by atomic mass is 10.1. The van der Waals surface area contributed by atoms with Crippen LogP contribution in [0.25, 0.3) is 11.3 Å². The van der Waals surface area contributed by atoms with Crippen molar-refractivity contribution in [1.82, 2.24) is 4.98 Å². The molecule has 100 valence electrons. The predicted octanol–water partition coefficient (Wildman–Crippen LogP) is 2.96. The number of hydrogen-bond acceptors (Lipinski definition) is 5. The van der Waals surface area contributed by atoms with Crippen LogP contribution in [0.2, 0.25) is 0 Å². The number of anilines is 1. The maximum atomic E-state index is 11.0. The number of nitro benzene ring substituents is 1. The molecule has 0 fully saturated rings. The molecule has 0 bridgehead atoms. The number of nitrogens with zero attached hydrogens (tertiary/aromatic N) is 3. The average molecular weight is 268 g/mol. The van der Waals surface area contributed by atoms with Crippen LogP contribution in [0.5, 0.6) is 0 Å². The Balaban J connectivity index is 2.57. The molecule has 0 saturated heterocycles. The van der Waals surface area contributed by atoms with Crippen molar-refractivity contribution < 1.29 is 4.92 Å². The van der Waals surface area contributed by atoms with E-state index < -0.39 is 4.92 Å². The molecule has 0 aliphatic heterocycles. The first kappa shape index (κ1) is 13.5. The van der Waals surface area contributed by atoms with Crippen LogP contribution in [0.1, 0.15) is 12.5 Å². The normalized spacial score (nSPS) is 9.80. The summed E-state index contributed by atoms with van der Waals surface area (Å²) in [5, 5.41) is 23.0. The van der Waals surface area contributed by atoms with Gasteiger partial charge in [-0.05, 0) is 25.1 Å². The monoisotopic (exact) mass is 268 g/mol. The maximum Gasteiger partial charge on any atom is 0.278 e. The molecule has 1 aromatic heterocycles. The van der Waals surface area contributed by atoms with E-state index in [1.807, 2.05) is 13.0 Å². The third kappa shape index (κ3) is 2.57. The van der Waals surface area contributed by atoms with Gasteiger partial charge in [0.1, 0.15) is 11.9 Å². The molecule has 0 radical (unpaired) electrons. The second-order valence-corrected chi connectivity index (χ2v) is 4.01. The van der Waals surface area contributed by atoms with Gasteiger partial charge >= 0.3 is 0 Å². The molecular weight excluding hydrogens is 256 g/mol. The van der Waals surface area contributed by atoms with Crippen molar-refractivity contribution in [3.63, 3.8) is 0 Å². The Kier molecular flexibility index (Phi) is 3.91. The van der Waals surface area contributed by atoms with Crippen LogP contribution < -0.4 is 5.32 Å². The molecule has 2 rings (SSSR count). The lowest BCUT2D eigenvalue weighted by Crippen LogP contribution is -2.03. The van der Waals surface area contributed by atoms with Crippen LogP contribution in [-0.2, 0) is 0 Å². The van der Waals surface area contributed by atoms with E-state index in [2.05, 4.69) is 10.3 Å². The molecule has 1 heterocycles. The summed E-state index contributed by atoms with van der Waals surface area (Å²) in [4.78, 5) is 14.9. The van der Waals surface area contributed by atoms with Crippen LogP contribution >= 0.6 is 0 Å². The van der Waals surface area contributed by atoms with Crippen LogP contribution in [0, 0.1) is 21.4 Å². The maximum absolute atomic E-state index is 11.0. The van der Waals surface area contributed by atoms with Gasteiger partial charge in [-0.2, -0.15) is 5.26 Å². The second kappa shape index (κ2) is 5.80. The van der Waals surface area contributed by atoms with Crippen LogP contribution in [0.3, 0.4) is 0 Å². The lowest BCUT2D eigenvalue weighted by Gasteiger charge is -2.08. The van der Waals surface area contributed by atoms with Crippen molar-refractivity contribution >= 4 is 11.5 Å². The fourth-order valence-corrected chi connectivity index (χ4v) is 1.85. The minimum atomic E-state index is -0.442. The lowest BCUT2D eigenvalue weighted by molar-refractivity contribution is -0.384. The van der Waals surface area contributed by atoms with Gasteiger partial charge in [-0.1, -0.05) is 12.1 Å². The van der Waals surface area contributed by atoms with Gasteiger partial charge in [0.15, 0.2) is 0 Å². The number of rotatable bonds is 4. The Bertz CT molecular complexity index is 692. The molecule has 0 unspecified atom stereocenters. The number of para-hydroxylation sites is 1. The minimum absolute atomic E-state index is 0.00726. The van der Waals surface area contributed by atoms with Crippen molar-refractivity contribution in [2.75, 3.05) is 11.9 Å². The molecule has 0 saturated carbocycles. The number of benzene rings is 1. The third-order valence-electron chi connectivity index (χ3n) is 2.74. The molecule has 0 aliphatic rings. The number of nitriles is 1. The highest BCUT2D eigenvalue weighted by Gasteiger charge is 2.16. The van der Waals surface area contributed by atoms with E-state index in [-0.39, 0.29) is 5.69 Å². The summed E-state index contributed by atoms with van der Waals surface area (Å²) in [6, 6.07) is 11.7. The van der Waals surface area contributed by atoms with Crippen LogP contribution in [0.4, 0.5) is 11.5 Å². The largest absolute Gasteiger partial charge is 0.369 e. The van der Waals surface area contributed by atoms with Gasteiger partial charge in [-0.3, -0.25) is 10.1 Å². The van der Waals surface area contributed by atoms with Crippen molar-refractivity contribution in [2.45, 2.75) is 6.92 Å². The highest BCUT2D eigenvalue weighted by atomic mass is 16.6. The highest BCUT2D eigenvalue weighted by Crippen LogP contribution is 2.29. The fraction of sp³-hybridized carbons (Fsp3) is 0.143. The zero-order valence-corrected chi connectivity index (χ0v) is 10.8. The average Bonchev–Trinajstić information content (AvgIpc) is 2.47. The molecule has 0 spiro atoms. The molecule has 1 aromatic carbocycles. The van der Waals surface area contributed by atoms with Gasteiger partial charge in [0.05, 0.1) is 21.7 Å². The van der Waals surface area contributed by atoms with E-state index in [9.17, 15) is 10.1 Å². The standard InChI is InChI=1S/C14H12N4O2/c1-2-16-14-10(9-15)7-8-12(17-14)11-5-3-4-6-13(11)18(19)20/h3-8H,2H2,1H3,(H,16,17). The Morgan fingerprint density at radius 1 is 1.35 bits per heavy atom. The Morgan fingerprint density at radius 3 is 2.75 bits per heavy atom. The van der Waals surface area contributed by atoms with Gasteiger partial charge in [-0.25, -0.2) is 4.98 Å². The first-order valence-electron chi connectivity index (χ1n) is 6.06. The number of aromatic nitrogens is 1. The van der Waals surface area contributed by atoms with Crippen LogP contribution in [0.15, 0.2) is 36.4 Å². The van der Waals surface area contributed by atoms with Gasteiger partial charge in [0.25, 0.3) is 5.69 Å². The van der Waals surface area contributed by atoms with Crippen LogP contribution in [-0.4, -0.2) is 16.5 Å². The summed E-state index contributed by atoms with van der Waals surface area (Å²) in [7, 11) is 0. The summed E-state index contributed by atoms with van der Waals surface area (Å²) < 4.78 is 0. The van der Waals surface area contributed by atoms with Crippen molar-refractivity contribution in [2.24, 2.45) is 0 Å². The highest BCUT2D eigenvalue weighted by molar-refractivity contribution is 5.72. The van der Waals surface area contributed by atoms with E-state index in [0.717, 1.165) is 0 Å². The molecule has 6 heteroatoms. The van der Waals surface area contributed by atoms with Crippen molar-refractivity contribution in [1.29, 1.82) is 5.26 Å². The van der Waals surface area contributed by atoms with Crippen molar-refractivity contribution in [3.05, 3.63) is 52.1 Å². The molecule has 1 N–H and O–H groups in total. The zero-order valence-electron chi connectivity index (χ0n) is 10.8. The quantitative estimate of drug-likeness (QED) is 0.679.